The molecule has 1 saturated carbocycles. The summed E-state index contributed by atoms with van der Waals surface area (Å²) in [5.74, 6) is 0.819. The summed E-state index contributed by atoms with van der Waals surface area (Å²) in [6.07, 6.45) is 2.89. The second-order valence-corrected chi connectivity index (χ2v) is 9.63. The smallest absolute Gasteiger partial charge is 0.311 e. The molecule has 140 valence electrons. The lowest BCUT2D eigenvalue weighted by Crippen LogP contribution is -2.39. The molecule has 1 fully saturated rings. The van der Waals surface area contributed by atoms with Gasteiger partial charge in [-0.05, 0) is 52.2 Å². The van der Waals surface area contributed by atoms with Gasteiger partial charge in [-0.1, -0.05) is 30.7 Å². The largest absolute Gasteiger partial charge is 0.461 e. The molecule has 26 heavy (non-hydrogen) atoms. The SMILES string of the molecule is CC(C)(C)C(=O)O[C@@H]1CCC2=C(CSc3ccccc3)C(=O)CC[C@]21C. The van der Waals surface area contributed by atoms with Gasteiger partial charge in [0.25, 0.3) is 0 Å². The minimum Gasteiger partial charge on any atom is -0.461 e. The van der Waals surface area contributed by atoms with E-state index in [0.717, 1.165) is 24.8 Å². The number of hydrogen-bond donors (Lipinski definition) is 0. The van der Waals surface area contributed by atoms with Gasteiger partial charge in [0.15, 0.2) is 5.78 Å². The number of carbonyl (C=O) groups excluding carboxylic acids is 2. The quantitative estimate of drug-likeness (QED) is 0.538. The fraction of sp³-hybridized carbons (Fsp3) is 0.545. The maximum atomic E-state index is 12.6. The molecule has 0 radical (unpaired) electrons. The Morgan fingerprint density at radius 3 is 2.58 bits per heavy atom. The molecule has 4 heteroatoms. The van der Waals surface area contributed by atoms with Crippen molar-refractivity contribution in [1.29, 1.82) is 0 Å². The molecule has 0 saturated heterocycles. The van der Waals surface area contributed by atoms with E-state index in [1.165, 1.54) is 10.5 Å². The Morgan fingerprint density at radius 2 is 1.92 bits per heavy atom. The number of Topliss-reactive ketones (excluding diaryl/α,β-unsaturated/α-hetero) is 1. The topological polar surface area (TPSA) is 43.4 Å². The number of ketones is 1. The molecule has 0 heterocycles. The highest BCUT2D eigenvalue weighted by Crippen LogP contribution is 2.52. The minimum atomic E-state index is -0.501. The monoisotopic (exact) mass is 372 g/mol. The van der Waals surface area contributed by atoms with Crippen LogP contribution in [0.25, 0.3) is 0 Å². The normalized spacial score (nSPS) is 26.0. The van der Waals surface area contributed by atoms with Gasteiger partial charge in [-0.25, -0.2) is 0 Å². The summed E-state index contributed by atoms with van der Waals surface area (Å²) in [4.78, 5) is 26.2. The van der Waals surface area contributed by atoms with E-state index in [9.17, 15) is 9.59 Å². The lowest BCUT2D eigenvalue weighted by atomic mass is 9.71. The molecular weight excluding hydrogens is 344 g/mol. The zero-order valence-corrected chi connectivity index (χ0v) is 16.9. The van der Waals surface area contributed by atoms with Gasteiger partial charge < -0.3 is 4.74 Å². The highest BCUT2D eigenvalue weighted by molar-refractivity contribution is 7.99. The van der Waals surface area contributed by atoms with Gasteiger partial charge in [0.2, 0.25) is 0 Å². The molecule has 0 aliphatic heterocycles. The standard InChI is InChI=1S/C22H28O3S/c1-21(2,3)20(24)25-19-11-10-17-16(18(23)12-13-22(17,19)4)14-26-15-8-6-5-7-9-15/h5-9,19H,10-14H2,1-4H3/t19-,22-/m1/s1. The Kier molecular flexibility index (Phi) is 5.34. The summed E-state index contributed by atoms with van der Waals surface area (Å²) in [7, 11) is 0. The average molecular weight is 373 g/mol. The van der Waals surface area contributed by atoms with E-state index >= 15 is 0 Å². The Labute approximate surface area is 160 Å². The predicted molar refractivity (Wildman–Crippen MR) is 105 cm³/mol. The van der Waals surface area contributed by atoms with Gasteiger partial charge in [0.1, 0.15) is 6.10 Å². The Balaban J connectivity index is 1.81. The third-order valence-electron chi connectivity index (χ3n) is 5.62. The number of rotatable bonds is 4. The molecule has 0 bridgehead atoms. The van der Waals surface area contributed by atoms with E-state index in [4.69, 9.17) is 4.74 Å². The highest BCUT2D eigenvalue weighted by atomic mass is 32.2. The number of ether oxygens (including phenoxy) is 1. The zero-order chi connectivity index (χ0) is 18.9. The maximum Gasteiger partial charge on any atom is 0.311 e. The third-order valence-corrected chi connectivity index (χ3v) is 6.66. The van der Waals surface area contributed by atoms with Crippen LogP contribution in [0.5, 0.6) is 0 Å². The Morgan fingerprint density at radius 1 is 1.23 bits per heavy atom. The Hall–Kier alpha value is -1.55. The molecule has 3 rings (SSSR count). The van der Waals surface area contributed by atoms with Crippen molar-refractivity contribution in [2.45, 2.75) is 64.4 Å². The van der Waals surface area contributed by atoms with Gasteiger partial charge >= 0.3 is 5.97 Å². The average Bonchev–Trinajstić information content (AvgIpc) is 2.91. The van der Waals surface area contributed by atoms with Crippen LogP contribution in [0, 0.1) is 10.8 Å². The molecule has 1 aromatic carbocycles. The van der Waals surface area contributed by atoms with Gasteiger partial charge in [-0.15, -0.1) is 11.8 Å². The lowest BCUT2D eigenvalue weighted by molar-refractivity contribution is -0.163. The molecule has 0 aromatic heterocycles. The number of carbonyl (C=O) groups is 2. The second-order valence-electron chi connectivity index (χ2n) is 8.58. The van der Waals surface area contributed by atoms with E-state index in [1.54, 1.807) is 11.8 Å². The van der Waals surface area contributed by atoms with Crippen LogP contribution in [0.4, 0.5) is 0 Å². The van der Waals surface area contributed by atoms with Crippen LogP contribution in [-0.4, -0.2) is 23.6 Å². The molecule has 3 nitrogen and oxygen atoms in total. The first-order chi connectivity index (χ1) is 12.2. The first kappa shape index (κ1) is 19.2. The summed E-state index contributed by atoms with van der Waals surface area (Å²) in [6, 6.07) is 10.2. The van der Waals surface area contributed by atoms with E-state index in [-0.39, 0.29) is 23.3 Å². The summed E-state index contributed by atoms with van der Waals surface area (Å²) >= 11 is 1.71. The predicted octanol–water partition coefficient (Wildman–Crippen LogP) is 5.20. The summed E-state index contributed by atoms with van der Waals surface area (Å²) < 4.78 is 5.90. The van der Waals surface area contributed by atoms with Crippen LogP contribution in [0.3, 0.4) is 0 Å². The van der Waals surface area contributed by atoms with Crippen molar-refractivity contribution in [3.8, 4) is 0 Å². The molecular formula is C22H28O3S. The molecule has 2 aliphatic carbocycles. The van der Waals surface area contributed by atoms with Crippen LogP contribution >= 0.6 is 11.8 Å². The maximum absolute atomic E-state index is 12.6. The van der Waals surface area contributed by atoms with E-state index in [0.29, 0.717) is 12.2 Å². The summed E-state index contributed by atoms with van der Waals surface area (Å²) in [5, 5.41) is 0. The molecule has 2 atom stereocenters. The summed E-state index contributed by atoms with van der Waals surface area (Å²) in [6.45, 7) is 7.83. The lowest BCUT2D eigenvalue weighted by Gasteiger charge is -2.37. The van der Waals surface area contributed by atoms with Crippen LogP contribution in [0.1, 0.15) is 53.4 Å². The van der Waals surface area contributed by atoms with Gasteiger partial charge in [0, 0.05) is 28.1 Å². The summed E-state index contributed by atoms with van der Waals surface area (Å²) in [5.41, 5.74) is 1.49. The van der Waals surface area contributed by atoms with Crippen molar-refractivity contribution in [2.75, 3.05) is 5.75 Å². The van der Waals surface area contributed by atoms with Crippen molar-refractivity contribution in [2.24, 2.45) is 10.8 Å². The van der Waals surface area contributed by atoms with Crippen LogP contribution in [0.2, 0.25) is 0 Å². The number of hydrogen-bond acceptors (Lipinski definition) is 4. The first-order valence-electron chi connectivity index (χ1n) is 9.36. The Bertz CT molecular complexity index is 730. The van der Waals surface area contributed by atoms with Crippen LogP contribution < -0.4 is 0 Å². The number of thioether (sulfide) groups is 1. The molecule has 0 N–H and O–H groups in total. The minimum absolute atomic E-state index is 0.117. The fourth-order valence-corrected chi connectivity index (χ4v) is 4.90. The second kappa shape index (κ2) is 7.22. The van der Waals surface area contributed by atoms with Crippen LogP contribution in [-0.2, 0) is 14.3 Å². The molecule has 0 amide bonds. The highest BCUT2D eigenvalue weighted by Gasteiger charge is 2.49. The van der Waals surface area contributed by atoms with E-state index in [2.05, 4.69) is 19.1 Å². The van der Waals surface area contributed by atoms with Crippen molar-refractivity contribution in [1.82, 2.24) is 0 Å². The van der Waals surface area contributed by atoms with Crippen molar-refractivity contribution >= 4 is 23.5 Å². The van der Waals surface area contributed by atoms with Gasteiger partial charge in [0.05, 0.1) is 5.41 Å². The van der Waals surface area contributed by atoms with Gasteiger partial charge in [-0.3, -0.25) is 9.59 Å². The zero-order valence-electron chi connectivity index (χ0n) is 16.1. The molecule has 2 aliphatic rings. The van der Waals surface area contributed by atoms with Crippen molar-refractivity contribution in [3.05, 3.63) is 41.5 Å². The number of benzene rings is 1. The number of fused-ring (bicyclic) bond motifs is 1. The van der Waals surface area contributed by atoms with Crippen molar-refractivity contribution < 1.29 is 14.3 Å². The molecule has 0 spiro atoms. The van der Waals surface area contributed by atoms with E-state index in [1.807, 2.05) is 39.0 Å². The third kappa shape index (κ3) is 3.75. The van der Waals surface area contributed by atoms with Crippen LogP contribution in [0.15, 0.2) is 46.4 Å². The van der Waals surface area contributed by atoms with Crippen molar-refractivity contribution in [3.63, 3.8) is 0 Å². The fourth-order valence-electron chi connectivity index (χ4n) is 3.91. The number of esters is 1. The molecule has 1 aromatic rings. The molecule has 0 unspecified atom stereocenters. The van der Waals surface area contributed by atoms with Gasteiger partial charge in [-0.2, -0.15) is 0 Å². The first-order valence-corrected chi connectivity index (χ1v) is 10.3. The van der Waals surface area contributed by atoms with E-state index < -0.39 is 5.41 Å².